The summed E-state index contributed by atoms with van der Waals surface area (Å²) in [7, 11) is 1.88. The molecule has 0 aliphatic heterocycles. The first-order valence-electron chi connectivity index (χ1n) is 9.11. The Morgan fingerprint density at radius 3 is 2.50 bits per heavy atom. The van der Waals surface area contributed by atoms with Crippen LogP contribution in [0.15, 0.2) is 59.8 Å². The molecule has 7 heteroatoms. The van der Waals surface area contributed by atoms with Crippen LogP contribution < -0.4 is 5.32 Å². The van der Waals surface area contributed by atoms with Crippen molar-refractivity contribution in [1.82, 2.24) is 20.1 Å². The summed E-state index contributed by atoms with van der Waals surface area (Å²) < 4.78 is 1.86. The maximum absolute atomic E-state index is 12.5. The zero-order valence-electron chi connectivity index (χ0n) is 16.1. The van der Waals surface area contributed by atoms with Crippen LogP contribution in [0.3, 0.4) is 0 Å². The second-order valence-electron chi connectivity index (χ2n) is 6.66. The number of nitrogens with one attached hydrogen (secondary N) is 1. The molecule has 0 radical (unpaired) electrons. The number of hydrogen-bond acceptors (Lipinski definition) is 4. The van der Waals surface area contributed by atoms with Crippen molar-refractivity contribution in [2.45, 2.75) is 30.2 Å². The number of aromatic nitrogens is 3. The minimum absolute atomic E-state index is 0.0184. The molecule has 1 amide bonds. The molecule has 2 unspecified atom stereocenters. The largest absolute Gasteiger partial charge is 0.355 e. The van der Waals surface area contributed by atoms with E-state index in [1.807, 2.05) is 61.0 Å². The van der Waals surface area contributed by atoms with Gasteiger partial charge in [0.1, 0.15) is 0 Å². The quantitative estimate of drug-likeness (QED) is 0.577. The number of hydrogen-bond donors (Lipinski definition) is 1. The summed E-state index contributed by atoms with van der Waals surface area (Å²) in [5.74, 6) is 0.914. The third-order valence-electron chi connectivity index (χ3n) is 4.55. The van der Waals surface area contributed by atoms with Crippen LogP contribution in [0.25, 0.3) is 11.4 Å². The Labute approximate surface area is 174 Å². The van der Waals surface area contributed by atoms with Crippen molar-refractivity contribution >= 4 is 29.3 Å². The van der Waals surface area contributed by atoms with Crippen LogP contribution in [0.2, 0.25) is 5.02 Å². The van der Waals surface area contributed by atoms with E-state index in [2.05, 4.69) is 34.6 Å². The fourth-order valence-corrected chi connectivity index (χ4v) is 3.86. The summed E-state index contributed by atoms with van der Waals surface area (Å²) in [5, 5.41) is 12.5. The lowest BCUT2D eigenvalue weighted by atomic mass is 10.0. The highest BCUT2D eigenvalue weighted by Gasteiger charge is 2.20. The van der Waals surface area contributed by atoms with E-state index in [0.29, 0.717) is 22.5 Å². The van der Waals surface area contributed by atoms with Gasteiger partial charge in [0.15, 0.2) is 11.0 Å². The Morgan fingerprint density at radius 1 is 1.11 bits per heavy atom. The lowest BCUT2D eigenvalue weighted by Crippen LogP contribution is -2.33. The van der Waals surface area contributed by atoms with Gasteiger partial charge in [-0.05, 0) is 30.5 Å². The monoisotopic (exact) mass is 414 g/mol. The Hall–Kier alpha value is -2.31. The summed E-state index contributed by atoms with van der Waals surface area (Å²) in [4.78, 5) is 12.5. The number of carbonyl (C=O) groups excluding carboxylic acids is 1. The lowest BCUT2D eigenvalue weighted by Gasteiger charge is -2.16. The van der Waals surface area contributed by atoms with E-state index < -0.39 is 0 Å². The molecule has 0 fully saturated rings. The van der Waals surface area contributed by atoms with Gasteiger partial charge in [-0.1, -0.05) is 72.8 Å². The van der Waals surface area contributed by atoms with Crippen LogP contribution in [0.1, 0.15) is 25.3 Å². The molecule has 2 aromatic carbocycles. The maximum atomic E-state index is 12.5. The first kappa shape index (κ1) is 20.4. The van der Waals surface area contributed by atoms with Crippen LogP contribution in [-0.2, 0) is 11.8 Å². The Balaban J connectivity index is 1.61. The van der Waals surface area contributed by atoms with E-state index in [9.17, 15) is 4.79 Å². The molecule has 1 heterocycles. The normalized spacial score (nSPS) is 13.1. The van der Waals surface area contributed by atoms with Crippen LogP contribution >= 0.6 is 23.4 Å². The van der Waals surface area contributed by atoms with Crippen molar-refractivity contribution < 1.29 is 4.79 Å². The van der Waals surface area contributed by atoms with Gasteiger partial charge in [0, 0.05) is 19.2 Å². The smallest absolute Gasteiger partial charge is 0.233 e. The van der Waals surface area contributed by atoms with E-state index in [1.165, 1.54) is 17.3 Å². The highest BCUT2D eigenvalue weighted by atomic mass is 35.5. The predicted molar refractivity (Wildman–Crippen MR) is 115 cm³/mol. The SMILES string of the molecule is CC(Sc1nnc(-c2ccccc2Cl)n1C)C(=O)NCC(C)c1ccccc1. The third-order valence-corrected chi connectivity index (χ3v) is 6.02. The van der Waals surface area contributed by atoms with E-state index in [0.717, 1.165) is 5.56 Å². The van der Waals surface area contributed by atoms with Gasteiger partial charge >= 0.3 is 0 Å². The van der Waals surface area contributed by atoms with E-state index in [4.69, 9.17) is 11.6 Å². The molecule has 3 aromatic rings. The first-order chi connectivity index (χ1) is 13.5. The molecule has 5 nitrogen and oxygen atoms in total. The van der Waals surface area contributed by atoms with Crippen molar-refractivity contribution in [3.63, 3.8) is 0 Å². The molecular weight excluding hydrogens is 392 g/mol. The van der Waals surface area contributed by atoms with Gasteiger partial charge in [0.25, 0.3) is 0 Å². The third kappa shape index (κ3) is 4.75. The zero-order chi connectivity index (χ0) is 20.1. The molecular formula is C21H23ClN4OS. The van der Waals surface area contributed by atoms with Gasteiger partial charge in [0.05, 0.1) is 10.3 Å². The van der Waals surface area contributed by atoms with Crippen molar-refractivity contribution in [2.24, 2.45) is 7.05 Å². The van der Waals surface area contributed by atoms with Gasteiger partial charge in [-0.3, -0.25) is 4.79 Å². The second kappa shape index (κ2) is 9.26. The number of carbonyl (C=O) groups is 1. The van der Waals surface area contributed by atoms with Crippen molar-refractivity contribution in [1.29, 1.82) is 0 Å². The first-order valence-corrected chi connectivity index (χ1v) is 10.4. The summed E-state index contributed by atoms with van der Waals surface area (Å²) in [6.45, 7) is 4.57. The summed E-state index contributed by atoms with van der Waals surface area (Å²) in [5.41, 5.74) is 2.03. The van der Waals surface area contributed by atoms with Crippen LogP contribution in [-0.4, -0.2) is 32.5 Å². The summed E-state index contributed by atoms with van der Waals surface area (Å²) in [6.07, 6.45) is 0. The Bertz CT molecular complexity index is 945. The molecule has 28 heavy (non-hydrogen) atoms. The number of thioether (sulfide) groups is 1. The summed E-state index contributed by atoms with van der Waals surface area (Å²) >= 11 is 7.65. The zero-order valence-corrected chi connectivity index (χ0v) is 17.7. The number of rotatable bonds is 7. The van der Waals surface area contributed by atoms with Crippen molar-refractivity contribution in [2.75, 3.05) is 6.54 Å². The fraction of sp³-hybridized carbons (Fsp3) is 0.286. The van der Waals surface area contributed by atoms with Crippen molar-refractivity contribution in [3.8, 4) is 11.4 Å². The highest BCUT2D eigenvalue weighted by Crippen LogP contribution is 2.29. The molecule has 1 N–H and O–H groups in total. The van der Waals surface area contributed by atoms with Gasteiger partial charge < -0.3 is 9.88 Å². The molecule has 0 aliphatic carbocycles. The Kier molecular flexibility index (Phi) is 6.75. The summed E-state index contributed by atoms with van der Waals surface area (Å²) in [6, 6.07) is 17.7. The van der Waals surface area contributed by atoms with Gasteiger partial charge in [-0.25, -0.2) is 0 Å². The number of amides is 1. The molecule has 0 saturated carbocycles. The minimum atomic E-state index is -0.287. The van der Waals surface area contributed by atoms with Crippen LogP contribution in [0.5, 0.6) is 0 Å². The van der Waals surface area contributed by atoms with E-state index in [-0.39, 0.29) is 17.1 Å². The van der Waals surface area contributed by atoms with Gasteiger partial charge in [-0.2, -0.15) is 0 Å². The lowest BCUT2D eigenvalue weighted by molar-refractivity contribution is -0.120. The molecule has 146 valence electrons. The maximum Gasteiger partial charge on any atom is 0.233 e. The van der Waals surface area contributed by atoms with E-state index in [1.54, 1.807) is 0 Å². The van der Waals surface area contributed by atoms with Crippen LogP contribution in [0, 0.1) is 0 Å². The van der Waals surface area contributed by atoms with Crippen molar-refractivity contribution in [3.05, 3.63) is 65.2 Å². The second-order valence-corrected chi connectivity index (χ2v) is 8.38. The predicted octanol–water partition coefficient (Wildman–Crippen LogP) is 4.54. The molecule has 2 atom stereocenters. The van der Waals surface area contributed by atoms with E-state index >= 15 is 0 Å². The Morgan fingerprint density at radius 2 is 1.79 bits per heavy atom. The number of nitrogens with zero attached hydrogens (tertiary/aromatic N) is 3. The molecule has 3 rings (SSSR count). The standard InChI is InChI=1S/C21H23ClN4OS/c1-14(16-9-5-4-6-10-16)13-23-20(27)15(2)28-21-25-24-19(26(21)3)17-11-7-8-12-18(17)22/h4-12,14-15H,13H2,1-3H3,(H,23,27). The molecule has 0 aliphatic rings. The molecule has 1 aromatic heterocycles. The van der Waals surface area contributed by atoms with Gasteiger partial charge in [0.2, 0.25) is 5.91 Å². The highest BCUT2D eigenvalue weighted by molar-refractivity contribution is 8.00. The molecule has 0 saturated heterocycles. The fourth-order valence-electron chi connectivity index (χ4n) is 2.80. The van der Waals surface area contributed by atoms with Gasteiger partial charge in [-0.15, -0.1) is 10.2 Å². The average molecular weight is 415 g/mol. The number of benzene rings is 2. The average Bonchev–Trinajstić information content (AvgIpc) is 3.07. The topological polar surface area (TPSA) is 59.8 Å². The molecule has 0 spiro atoms. The number of halogens is 1. The minimum Gasteiger partial charge on any atom is -0.355 e. The molecule has 0 bridgehead atoms. The van der Waals surface area contributed by atoms with Crippen LogP contribution in [0.4, 0.5) is 0 Å².